The Labute approximate surface area is 161 Å². The van der Waals surface area contributed by atoms with Gasteiger partial charge in [-0.25, -0.2) is 0 Å². The van der Waals surface area contributed by atoms with Gasteiger partial charge in [-0.15, -0.1) is 0 Å². The Kier molecular flexibility index (Phi) is 4.92. The van der Waals surface area contributed by atoms with E-state index in [2.05, 4.69) is 36.2 Å². The van der Waals surface area contributed by atoms with Gasteiger partial charge in [0.2, 0.25) is 0 Å². The van der Waals surface area contributed by atoms with Crippen molar-refractivity contribution in [3.05, 3.63) is 59.7 Å². The first-order valence-corrected chi connectivity index (χ1v) is 9.69. The molecule has 0 amide bonds. The number of likely N-dealkylation sites (tertiary alicyclic amines) is 1. The molecule has 0 spiro atoms. The summed E-state index contributed by atoms with van der Waals surface area (Å²) in [4.78, 5) is 14.4. The number of hydrogen-bond acceptors (Lipinski definition) is 4. The quantitative estimate of drug-likeness (QED) is 0.804. The molecule has 1 saturated heterocycles. The van der Waals surface area contributed by atoms with Crippen LogP contribution >= 0.6 is 0 Å². The average Bonchev–Trinajstić information content (AvgIpc) is 3.04. The Bertz CT molecular complexity index is 820. The van der Waals surface area contributed by atoms with Crippen molar-refractivity contribution < 1.29 is 14.3 Å². The van der Waals surface area contributed by atoms with Crippen LogP contribution in [0.2, 0.25) is 0 Å². The van der Waals surface area contributed by atoms with Gasteiger partial charge in [-0.2, -0.15) is 0 Å². The van der Waals surface area contributed by atoms with E-state index in [4.69, 9.17) is 9.47 Å². The minimum absolute atomic E-state index is 0.0495. The second-order valence-corrected chi connectivity index (χ2v) is 7.79. The van der Waals surface area contributed by atoms with E-state index < -0.39 is 0 Å². The maximum atomic E-state index is 12.1. The molecule has 0 aromatic heterocycles. The van der Waals surface area contributed by atoms with Gasteiger partial charge < -0.3 is 14.4 Å². The van der Waals surface area contributed by atoms with Crippen molar-refractivity contribution in [3.8, 4) is 11.5 Å². The number of rotatable bonds is 5. The maximum absolute atomic E-state index is 12.1. The molecule has 142 valence electrons. The van der Waals surface area contributed by atoms with Gasteiger partial charge in [0, 0.05) is 24.3 Å². The van der Waals surface area contributed by atoms with E-state index in [1.807, 2.05) is 24.3 Å². The summed E-state index contributed by atoms with van der Waals surface area (Å²) >= 11 is 0. The number of ketones is 1. The van der Waals surface area contributed by atoms with Crippen LogP contribution < -0.4 is 9.47 Å². The fourth-order valence-corrected chi connectivity index (χ4v) is 4.76. The van der Waals surface area contributed by atoms with E-state index in [-0.39, 0.29) is 5.41 Å². The molecule has 0 N–H and O–H groups in total. The number of carbonyl (C=O) groups is 1. The van der Waals surface area contributed by atoms with Gasteiger partial charge >= 0.3 is 0 Å². The molecule has 2 fully saturated rings. The molecule has 0 radical (unpaired) electrons. The van der Waals surface area contributed by atoms with Crippen molar-refractivity contribution >= 4 is 5.78 Å². The molecule has 27 heavy (non-hydrogen) atoms. The number of likely N-dealkylation sites (N-methyl/N-ethyl adjacent to an activating group) is 1. The molecule has 0 bridgehead atoms. The lowest BCUT2D eigenvalue weighted by Crippen LogP contribution is -2.46. The van der Waals surface area contributed by atoms with Crippen LogP contribution in [-0.4, -0.2) is 37.4 Å². The molecule has 4 nitrogen and oxygen atoms in total. The Morgan fingerprint density at radius 1 is 1.11 bits per heavy atom. The standard InChI is InChI=1S/C23H27NO3/c1-24-13-12-23(11-10-19(25)15-22(23)24)18-8-9-20(21(14-18)26-2)27-16-17-6-4-3-5-7-17/h3-9,14,22H,10-13,15-16H2,1-2H3/t22-,23-/m1/s1. The number of nitrogens with zero attached hydrogens (tertiary/aromatic N) is 1. The van der Waals surface area contributed by atoms with Crippen LogP contribution in [0.5, 0.6) is 11.5 Å². The van der Waals surface area contributed by atoms with Crippen LogP contribution in [0.1, 0.15) is 36.8 Å². The van der Waals surface area contributed by atoms with Crippen LogP contribution in [-0.2, 0) is 16.8 Å². The topological polar surface area (TPSA) is 38.8 Å². The molecule has 4 heteroatoms. The van der Waals surface area contributed by atoms with Crippen molar-refractivity contribution in [2.75, 3.05) is 20.7 Å². The van der Waals surface area contributed by atoms with Crippen molar-refractivity contribution in [2.24, 2.45) is 0 Å². The summed E-state index contributed by atoms with van der Waals surface area (Å²) in [7, 11) is 3.83. The molecule has 2 atom stereocenters. The fraction of sp³-hybridized carbons (Fsp3) is 0.435. The summed E-state index contributed by atoms with van der Waals surface area (Å²) in [6, 6.07) is 16.8. The van der Waals surface area contributed by atoms with Crippen molar-refractivity contribution in [2.45, 2.75) is 43.7 Å². The van der Waals surface area contributed by atoms with Gasteiger partial charge in [0.05, 0.1) is 7.11 Å². The molecule has 4 rings (SSSR count). The van der Waals surface area contributed by atoms with Gasteiger partial charge in [-0.05, 0) is 49.7 Å². The summed E-state index contributed by atoms with van der Waals surface area (Å²) in [5.41, 5.74) is 2.45. The third kappa shape index (κ3) is 3.34. The normalized spacial score (nSPS) is 25.3. The number of Topliss-reactive ketones (excluding diaryl/α,β-unsaturated/α-hetero) is 1. The first kappa shape index (κ1) is 18.1. The van der Waals surface area contributed by atoms with E-state index in [1.165, 1.54) is 5.56 Å². The summed E-state index contributed by atoms with van der Waals surface area (Å²) in [5.74, 6) is 1.92. The second-order valence-electron chi connectivity index (χ2n) is 7.79. The molecule has 1 aliphatic carbocycles. The summed E-state index contributed by atoms with van der Waals surface area (Å²) in [6.45, 7) is 1.55. The molecule has 1 heterocycles. The third-order valence-corrected chi connectivity index (χ3v) is 6.33. The van der Waals surface area contributed by atoms with Crippen LogP contribution in [0.25, 0.3) is 0 Å². The Hall–Kier alpha value is -2.33. The summed E-state index contributed by atoms with van der Waals surface area (Å²) < 4.78 is 11.7. The Morgan fingerprint density at radius 2 is 1.93 bits per heavy atom. The van der Waals surface area contributed by atoms with E-state index in [9.17, 15) is 4.79 Å². The number of ether oxygens (including phenoxy) is 2. The Morgan fingerprint density at radius 3 is 2.70 bits per heavy atom. The predicted octanol–water partition coefficient (Wildman–Crippen LogP) is 3.97. The third-order valence-electron chi connectivity index (χ3n) is 6.33. The van der Waals surface area contributed by atoms with Crippen LogP contribution in [0.3, 0.4) is 0 Å². The van der Waals surface area contributed by atoms with Crippen LogP contribution in [0.4, 0.5) is 0 Å². The molecule has 2 aliphatic rings. The largest absolute Gasteiger partial charge is 0.493 e. The van der Waals surface area contributed by atoms with Crippen molar-refractivity contribution in [3.63, 3.8) is 0 Å². The molecule has 1 saturated carbocycles. The first-order chi connectivity index (χ1) is 13.1. The number of carbonyl (C=O) groups excluding carboxylic acids is 1. The van der Waals surface area contributed by atoms with Crippen LogP contribution in [0, 0.1) is 0 Å². The number of hydrogen-bond donors (Lipinski definition) is 0. The van der Waals surface area contributed by atoms with Gasteiger partial charge in [0.1, 0.15) is 12.4 Å². The lowest BCUT2D eigenvalue weighted by atomic mass is 9.66. The van der Waals surface area contributed by atoms with Crippen molar-refractivity contribution in [1.82, 2.24) is 4.90 Å². The zero-order chi connectivity index (χ0) is 18.9. The first-order valence-electron chi connectivity index (χ1n) is 9.69. The van der Waals surface area contributed by atoms with E-state index >= 15 is 0 Å². The molecule has 0 unspecified atom stereocenters. The molecular formula is C23H27NO3. The van der Waals surface area contributed by atoms with Gasteiger partial charge in [-0.1, -0.05) is 36.4 Å². The average molecular weight is 365 g/mol. The zero-order valence-electron chi connectivity index (χ0n) is 16.1. The summed E-state index contributed by atoms with van der Waals surface area (Å²) in [5, 5.41) is 0. The van der Waals surface area contributed by atoms with Gasteiger partial charge in [-0.3, -0.25) is 4.79 Å². The lowest BCUT2D eigenvalue weighted by Gasteiger charge is -2.41. The number of methoxy groups -OCH3 is 1. The number of fused-ring (bicyclic) bond motifs is 1. The van der Waals surface area contributed by atoms with Gasteiger partial charge in [0.15, 0.2) is 11.5 Å². The van der Waals surface area contributed by atoms with Gasteiger partial charge in [0.25, 0.3) is 0 Å². The fourth-order valence-electron chi connectivity index (χ4n) is 4.76. The monoisotopic (exact) mass is 365 g/mol. The predicted molar refractivity (Wildman–Crippen MR) is 105 cm³/mol. The highest BCUT2D eigenvalue weighted by Crippen LogP contribution is 2.49. The zero-order valence-corrected chi connectivity index (χ0v) is 16.1. The molecular weight excluding hydrogens is 338 g/mol. The van der Waals surface area contributed by atoms with E-state index in [1.54, 1.807) is 7.11 Å². The van der Waals surface area contributed by atoms with E-state index in [0.29, 0.717) is 31.3 Å². The Balaban J connectivity index is 1.60. The molecule has 2 aromatic carbocycles. The number of benzene rings is 2. The smallest absolute Gasteiger partial charge is 0.161 e. The molecule has 1 aliphatic heterocycles. The van der Waals surface area contributed by atoms with E-state index in [0.717, 1.165) is 36.4 Å². The lowest BCUT2D eigenvalue weighted by molar-refractivity contribution is -0.122. The van der Waals surface area contributed by atoms with Crippen molar-refractivity contribution in [1.29, 1.82) is 0 Å². The van der Waals surface area contributed by atoms with Crippen LogP contribution in [0.15, 0.2) is 48.5 Å². The highest BCUT2D eigenvalue weighted by atomic mass is 16.5. The summed E-state index contributed by atoms with van der Waals surface area (Å²) in [6.07, 6.45) is 3.35. The maximum Gasteiger partial charge on any atom is 0.161 e. The SMILES string of the molecule is COc1cc([C@]23CCC(=O)C[C@H]2N(C)CC3)ccc1OCc1ccccc1. The minimum atomic E-state index is 0.0495. The highest BCUT2D eigenvalue weighted by molar-refractivity contribution is 5.81. The second kappa shape index (κ2) is 7.35. The highest BCUT2D eigenvalue weighted by Gasteiger charge is 2.50. The minimum Gasteiger partial charge on any atom is -0.493 e. The molecule has 2 aromatic rings.